The van der Waals surface area contributed by atoms with Crippen LogP contribution in [0.5, 0.6) is 0 Å². The van der Waals surface area contributed by atoms with E-state index in [4.69, 9.17) is 0 Å². The minimum atomic E-state index is -2.81. The van der Waals surface area contributed by atoms with E-state index in [9.17, 15) is 23.0 Å². The van der Waals surface area contributed by atoms with Crippen LogP contribution < -0.4 is 4.90 Å². The molecule has 1 saturated carbocycles. The van der Waals surface area contributed by atoms with Crippen LogP contribution in [0.1, 0.15) is 62.0 Å². The van der Waals surface area contributed by atoms with Gasteiger partial charge >= 0.3 is 7.40 Å². The minimum Gasteiger partial charge on any atom is -0.329 e. The molecule has 1 aliphatic carbocycles. The largest absolute Gasteiger partial charge is 0.677 e. The number of Topliss-reactive ketones (excluding diaryl/α,β-unsaturated/α-hetero) is 1. The van der Waals surface area contributed by atoms with Gasteiger partial charge < -0.3 is 4.48 Å². The van der Waals surface area contributed by atoms with Crippen LogP contribution in [0.3, 0.4) is 0 Å². The molecule has 3 heterocycles. The van der Waals surface area contributed by atoms with Gasteiger partial charge in [-0.15, -0.1) is 0 Å². The van der Waals surface area contributed by atoms with Gasteiger partial charge in [-0.1, -0.05) is 24.6 Å². The minimum absolute atomic E-state index is 0.0287. The number of carbonyl (C=O) groups is 3. The van der Waals surface area contributed by atoms with E-state index in [1.54, 1.807) is 44.2 Å². The number of aliphatic imine (C=N–C) groups is 1. The Morgan fingerprint density at radius 1 is 1.03 bits per heavy atom. The van der Waals surface area contributed by atoms with Crippen LogP contribution in [-0.2, 0) is 14.4 Å². The van der Waals surface area contributed by atoms with Gasteiger partial charge in [0.25, 0.3) is 11.8 Å². The van der Waals surface area contributed by atoms with Crippen molar-refractivity contribution in [2.75, 3.05) is 4.90 Å². The number of rotatable bonds is 5. The Morgan fingerprint density at radius 3 is 2.42 bits per heavy atom. The molecule has 0 radical (unpaired) electrons. The van der Waals surface area contributed by atoms with E-state index < -0.39 is 25.1 Å². The zero-order chi connectivity index (χ0) is 27.3. The first-order valence-electron chi connectivity index (χ1n) is 12.8. The van der Waals surface area contributed by atoms with Crippen molar-refractivity contribution >= 4 is 42.0 Å². The number of ketones is 1. The first-order valence-corrected chi connectivity index (χ1v) is 12.8. The predicted octanol–water partition coefficient (Wildman–Crippen LogP) is 5.62. The Labute approximate surface area is 220 Å². The number of halogens is 2. The number of aromatic nitrogens is 1. The Balaban J connectivity index is 1.71. The summed E-state index contributed by atoms with van der Waals surface area (Å²) in [6.07, 6.45) is 5.66. The number of anilines is 1. The zero-order valence-corrected chi connectivity index (χ0v) is 21.8. The highest BCUT2D eigenvalue weighted by Crippen LogP contribution is 2.42. The molecular weight excluding hydrogens is 487 g/mol. The lowest BCUT2D eigenvalue weighted by molar-refractivity contribution is -0.126. The summed E-state index contributed by atoms with van der Waals surface area (Å²) in [5.41, 5.74) is 4.64. The molecule has 0 N–H and O–H groups in total. The number of amides is 2. The van der Waals surface area contributed by atoms with E-state index in [1.165, 1.54) is 6.08 Å². The lowest BCUT2D eigenvalue weighted by Gasteiger charge is -2.25. The van der Waals surface area contributed by atoms with Crippen LogP contribution in [0.15, 0.2) is 64.3 Å². The maximum absolute atomic E-state index is 14.4. The van der Waals surface area contributed by atoms with Crippen molar-refractivity contribution in [2.45, 2.75) is 53.4 Å². The van der Waals surface area contributed by atoms with Crippen LogP contribution in [-0.4, -0.2) is 35.2 Å². The summed E-state index contributed by atoms with van der Waals surface area (Å²) in [6, 6.07) is 8.48. The highest BCUT2D eigenvalue weighted by atomic mass is 19.2. The highest BCUT2D eigenvalue weighted by molar-refractivity contribution is 6.41. The van der Waals surface area contributed by atoms with Gasteiger partial charge in [-0.05, 0) is 69.9 Å². The monoisotopic (exact) mass is 515 g/mol. The van der Waals surface area contributed by atoms with E-state index in [0.717, 1.165) is 33.5 Å². The second-order valence-electron chi connectivity index (χ2n) is 10.1. The maximum Gasteiger partial charge on any atom is 0.677 e. The molecule has 1 aromatic carbocycles. The topological polar surface area (TPSA) is 71.7 Å². The molecule has 5 rings (SSSR count). The standard InChI is InChI=1S/C29H28BF2N3O3/c1-16-13-18(3)33-27(16)26(28-17(2)14-19(4)35(28)30(31)32)21-10-5-7-11-23(21)34-25(37)15-22(29(34)38)20-9-6-8-12-24(20)36/h5,7,10-11,13-15,20H,6,8-9,12H2,1-4H3/b27-26-. The molecule has 9 heteroatoms. The Bertz CT molecular complexity index is 1510. The van der Waals surface area contributed by atoms with Gasteiger partial charge in [-0.3, -0.25) is 28.0 Å². The normalized spacial score (nSPS) is 21.1. The molecule has 2 aliphatic heterocycles. The maximum atomic E-state index is 14.4. The first kappa shape index (κ1) is 25.8. The summed E-state index contributed by atoms with van der Waals surface area (Å²) in [4.78, 5) is 45.3. The second kappa shape index (κ2) is 9.78. The molecule has 38 heavy (non-hydrogen) atoms. The molecule has 0 bridgehead atoms. The van der Waals surface area contributed by atoms with Crippen molar-refractivity contribution in [3.05, 3.63) is 81.8 Å². The van der Waals surface area contributed by atoms with Crippen LogP contribution in [0, 0.1) is 19.8 Å². The van der Waals surface area contributed by atoms with E-state index in [1.807, 2.05) is 19.9 Å². The number of hydrogen-bond donors (Lipinski definition) is 0. The average Bonchev–Trinajstić information content (AvgIpc) is 3.46. The van der Waals surface area contributed by atoms with E-state index >= 15 is 0 Å². The molecular formula is C29H28BF2N3O3. The van der Waals surface area contributed by atoms with Gasteiger partial charge in [0.2, 0.25) is 0 Å². The van der Waals surface area contributed by atoms with E-state index in [-0.39, 0.29) is 22.7 Å². The number of allylic oxidation sites excluding steroid dienone is 2. The lowest BCUT2D eigenvalue weighted by Crippen LogP contribution is -2.34. The molecule has 1 unspecified atom stereocenters. The molecule has 0 saturated heterocycles. The van der Waals surface area contributed by atoms with Crippen LogP contribution in [0.4, 0.5) is 14.3 Å². The second-order valence-corrected chi connectivity index (χ2v) is 10.1. The van der Waals surface area contributed by atoms with Gasteiger partial charge in [0, 0.05) is 52.2 Å². The molecule has 194 valence electrons. The number of para-hydroxylation sites is 1. The van der Waals surface area contributed by atoms with Gasteiger partial charge in [0.15, 0.2) is 0 Å². The summed E-state index contributed by atoms with van der Waals surface area (Å²) in [7, 11) is -2.81. The fraction of sp³-hybridized carbons (Fsp3) is 0.310. The fourth-order valence-electron chi connectivity index (χ4n) is 5.84. The molecule has 2 amide bonds. The highest BCUT2D eigenvalue weighted by Gasteiger charge is 2.41. The van der Waals surface area contributed by atoms with Crippen molar-refractivity contribution in [1.82, 2.24) is 4.48 Å². The van der Waals surface area contributed by atoms with Gasteiger partial charge in [-0.25, -0.2) is 4.90 Å². The van der Waals surface area contributed by atoms with E-state index in [0.29, 0.717) is 40.9 Å². The summed E-state index contributed by atoms with van der Waals surface area (Å²) in [6.45, 7) is 7.06. The molecule has 0 spiro atoms. The van der Waals surface area contributed by atoms with Gasteiger partial charge in [0.05, 0.1) is 11.4 Å². The number of benzene rings is 1. The molecule has 3 aliphatic rings. The summed E-state index contributed by atoms with van der Waals surface area (Å²) in [5.74, 6) is -1.71. The fourth-order valence-corrected chi connectivity index (χ4v) is 5.84. The Hall–Kier alpha value is -3.88. The smallest absolute Gasteiger partial charge is 0.329 e. The molecule has 6 nitrogen and oxygen atoms in total. The third-order valence-electron chi connectivity index (χ3n) is 7.47. The third-order valence-corrected chi connectivity index (χ3v) is 7.47. The van der Waals surface area contributed by atoms with Crippen molar-refractivity contribution in [2.24, 2.45) is 10.9 Å². The summed E-state index contributed by atoms with van der Waals surface area (Å²) < 4.78 is 29.7. The third kappa shape index (κ3) is 4.20. The van der Waals surface area contributed by atoms with Crippen molar-refractivity contribution in [1.29, 1.82) is 0 Å². The molecule has 1 fully saturated rings. The number of nitrogens with zero attached hydrogens (tertiary/aromatic N) is 3. The van der Waals surface area contributed by atoms with Crippen LogP contribution in [0.25, 0.3) is 5.57 Å². The quantitative estimate of drug-likeness (QED) is 0.384. The van der Waals surface area contributed by atoms with E-state index in [2.05, 4.69) is 4.99 Å². The van der Waals surface area contributed by atoms with Crippen molar-refractivity contribution in [3.8, 4) is 0 Å². The van der Waals surface area contributed by atoms with Crippen LogP contribution >= 0.6 is 0 Å². The first-order chi connectivity index (χ1) is 18.1. The number of aryl methyl sites for hydroxylation is 2. The Morgan fingerprint density at radius 2 is 1.76 bits per heavy atom. The van der Waals surface area contributed by atoms with Crippen LogP contribution in [0.2, 0.25) is 0 Å². The Kier molecular flexibility index (Phi) is 6.63. The molecule has 2 aromatic rings. The van der Waals surface area contributed by atoms with Gasteiger partial charge in [0.1, 0.15) is 5.78 Å². The van der Waals surface area contributed by atoms with Crippen molar-refractivity contribution in [3.63, 3.8) is 0 Å². The predicted molar refractivity (Wildman–Crippen MR) is 144 cm³/mol. The SMILES string of the molecule is CC1=CC(C)=N/C1=C(/c1ccccc1N1C(=O)C=C(C2CCCCC2=O)C1=O)c1c(C)cc(C)n1B(F)F. The van der Waals surface area contributed by atoms with Crippen molar-refractivity contribution < 1.29 is 23.0 Å². The summed E-state index contributed by atoms with van der Waals surface area (Å²) in [5, 5.41) is 0. The number of hydrogen-bond acceptors (Lipinski definition) is 4. The average molecular weight is 515 g/mol. The van der Waals surface area contributed by atoms with Gasteiger partial charge in [-0.2, -0.15) is 0 Å². The lowest BCUT2D eigenvalue weighted by atomic mass is 9.82. The number of imide groups is 1. The summed E-state index contributed by atoms with van der Waals surface area (Å²) >= 11 is 0. The molecule has 1 aromatic heterocycles. The zero-order valence-electron chi connectivity index (χ0n) is 21.8. The molecule has 1 atom stereocenters. The number of carbonyl (C=O) groups excluding carboxylic acids is 3.